The molecule has 0 amide bonds. The zero-order valence-electron chi connectivity index (χ0n) is 12.7. The van der Waals surface area contributed by atoms with E-state index < -0.39 is 11.4 Å². The third-order valence-corrected chi connectivity index (χ3v) is 4.06. The molecule has 0 saturated carbocycles. The Morgan fingerprint density at radius 3 is 2.75 bits per heavy atom. The van der Waals surface area contributed by atoms with Gasteiger partial charge in [0.25, 0.3) is 0 Å². The maximum Gasteiger partial charge on any atom is 0.309 e. The van der Waals surface area contributed by atoms with Gasteiger partial charge in [0.2, 0.25) is 0 Å². The van der Waals surface area contributed by atoms with Gasteiger partial charge in [-0.1, -0.05) is 6.07 Å². The van der Waals surface area contributed by atoms with E-state index in [1.165, 1.54) is 11.3 Å². The first-order valence-corrected chi connectivity index (χ1v) is 7.00. The molecule has 0 bridgehead atoms. The van der Waals surface area contributed by atoms with Gasteiger partial charge in [-0.15, -0.1) is 0 Å². The summed E-state index contributed by atoms with van der Waals surface area (Å²) in [5.41, 5.74) is 2.60. The van der Waals surface area contributed by atoms with Crippen molar-refractivity contribution in [3.63, 3.8) is 0 Å². The number of nitrogens with zero attached hydrogens (tertiary/aromatic N) is 1. The van der Waals surface area contributed by atoms with E-state index in [1.54, 1.807) is 21.0 Å². The first-order valence-electron chi connectivity index (χ1n) is 7.00. The van der Waals surface area contributed by atoms with Crippen molar-refractivity contribution in [3.8, 4) is 5.75 Å². The highest BCUT2D eigenvalue weighted by Gasteiger charge is 2.30. The van der Waals surface area contributed by atoms with Gasteiger partial charge >= 0.3 is 5.97 Å². The molecule has 0 saturated heterocycles. The van der Waals surface area contributed by atoms with Gasteiger partial charge < -0.3 is 14.7 Å². The summed E-state index contributed by atoms with van der Waals surface area (Å²) in [5.74, 6) is 0.0813. The molecule has 2 rings (SSSR count). The molecule has 1 N–H and O–H groups in total. The first-order chi connectivity index (χ1) is 9.36. The molecule has 4 heteroatoms. The first kappa shape index (κ1) is 14.7. The molecular weight excluding hydrogens is 254 g/mol. The molecule has 0 radical (unpaired) electrons. The third-order valence-electron chi connectivity index (χ3n) is 4.06. The quantitative estimate of drug-likeness (QED) is 0.919. The zero-order chi connectivity index (χ0) is 14.9. The maximum atomic E-state index is 11.3. The number of carboxylic acid groups (broad SMARTS) is 1. The molecule has 0 atom stereocenters. The number of anilines is 1. The molecular formula is C16H23NO3. The summed E-state index contributed by atoms with van der Waals surface area (Å²) in [6.07, 6.45) is 2.57. The molecule has 1 heterocycles. The minimum absolute atomic E-state index is 0.475. The molecule has 0 aromatic heterocycles. The van der Waals surface area contributed by atoms with Crippen LogP contribution in [0.5, 0.6) is 5.75 Å². The summed E-state index contributed by atoms with van der Waals surface area (Å²) < 4.78 is 5.60. The Morgan fingerprint density at radius 1 is 1.45 bits per heavy atom. The lowest BCUT2D eigenvalue weighted by atomic mass is 9.84. The van der Waals surface area contributed by atoms with Gasteiger partial charge in [-0.3, -0.25) is 4.79 Å². The van der Waals surface area contributed by atoms with Crippen molar-refractivity contribution in [2.24, 2.45) is 5.41 Å². The number of carboxylic acids is 1. The second kappa shape index (κ2) is 5.35. The largest absolute Gasteiger partial charge is 0.496 e. The number of hydrogen-bond acceptors (Lipinski definition) is 3. The van der Waals surface area contributed by atoms with Gasteiger partial charge in [-0.2, -0.15) is 0 Å². The van der Waals surface area contributed by atoms with Crippen LogP contribution in [0, 0.1) is 5.41 Å². The van der Waals surface area contributed by atoms with Crippen LogP contribution < -0.4 is 9.64 Å². The van der Waals surface area contributed by atoms with Crippen LogP contribution in [-0.2, 0) is 17.6 Å². The van der Waals surface area contributed by atoms with Gasteiger partial charge in [0, 0.05) is 24.8 Å². The second-order valence-corrected chi connectivity index (χ2v) is 6.15. The highest BCUT2D eigenvalue weighted by atomic mass is 16.5. The van der Waals surface area contributed by atoms with Crippen molar-refractivity contribution >= 4 is 11.7 Å². The van der Waals surface area contributed by atoms with Crippen LogP contribution in [0.1, 0.15) is 31.4 Å². The lowest BCUT2D eigenvalue weighted by Crippen LogP contribution is -2.28. The predicted octanol–water partition coefficient (Wildman–Crippen LogP) is 2.73. The summed E-state index contributed by atoms with van der Waals surface area (Å²) in [6.45, 7) is 4.55. The molecule has 1 aromatic carbocycles. The van der Waals surface area contributed by atoms with E-state index in [0.717, 1.165) is 30.7 Å². The van der Waals surface area contributed by atoms with E-state index in [4.69, 9.17) is 4.74 Å². The summed E-state index contributed by atoms with van der Waals surface area (Å²) in [4.78, 5) is 13.5. The van der Waals surface area contributed by atoms with E-state index in [-0.39, 0.29) is 0 Å². The Labute approximate surface area is 120 Å². The van der Waals surface area contributed by atoms with E-state index >= 15 is 0 Å². The summed E-state index contributed by atoms with van der Waals surface area (Å²) in [6, 6.07) is 4.09. The van der Waals surface area contributed by atoms with Crippen LogP contribution in [0.25, 0.3) is 0 Å². The highest BCUT2D eigenvalue weighted by Crippen LogP contribution is 2.38. The number of aliphatic carboxylic acids is 1. The number of methoxy groups -OCH3 is 1. The topological polar surface area (TPSA) is 49.8 Å². The van der Waals surface area contributed by atoms with Crippen molar-refractivity contribution in [3.05, 3.63) is 23.3 Å². The van der Waals surface area contributed by atoms with Gasteiger partial charge in [0.1, 0.15) is 5.75 Å². The van der Waals surface area contributed by atoms with Gasteiger partial charge in [0.15, 0.2) is 0 Å². The molecule has 0 fully saturated rings. The number of rotatable bonds is 4. The van der Waals surface area contributed by atoms with Crippen LogP contribution in [0.2, 0.25) is 0 Å². The Morgan fingerprint density at radius 2 is 2.15 bits per heavy atom. The van der Waals surface area contributed by atoms with E-state index in [1.807, 2.05) is 6.07 Å². The van der Waals surface area contributed by atoms with Crippen LogP contribution >= 0.6 is 0 Å². The van der Waals surface area contributed by atoms with E-state index in [9.17, 15) is 9.90 Å². The number of hydrogen-bond donors (Lipinski definition) is 1. The molecule has 110 valence electrons. The molecule has 1 aromatic rings. The monoisotopic (exact) mass is 277 g/mol. The van der Waals surface area contributed by atoms with Crippen LogP contribution in [-0.4, -0.2) is 31.8 Å². The van der Waals surface area contributed by atoms with Gasteiger partial charge in [-0.25, -0.2) is 0 Å². The minimum Gasteiger partial charge on any atom is -0.496 e. The predicted molar refractivity (Wildman–Crippen MR) is 79.7 cm³/mol. The molecule has 1 aliphatic heterocycles. The normalized spacial score (nSPS) is 14.9. The zero-order valence-corrected chi connectivity index (χ0v) is 12.7. The lowest BCUT2D eigenvalue weighted by Gasteiger charge is -2.30. The minimum atomic E-state index is -0.790. The Hall–Kier alpha value is -1.71. The molecule has 20 heavy (non-hydrogen) atoms. The van der Waals surface area contributed by atoms with Crippen LogP contribution in [0.3, 0.4) is 0 Å². The Bertz CT molecular complexity index is 523. The fourth-order valence-corrected chi connectivity index (χ4v) is 2.82. The third kappa shape index (κ3) is 2.60. The number of benzene rings is 1. The van der Waals surface area contributed by atoms with Gasteiger partial charge in [0.05, 0.1) is 12.5 Å². The molecule has 1 aliphatic rings. The van der Waals surface area contributed by atoms with Crippen molar-refractivity contribution in [1.82, 2.24) is 0 Å². The maximum absolute atomic E-state index is 11.3. The number of fused-ring (bicyclic) bond motifs is 1. The summed E-state index contributed by atoms with van der Waals surface area (Å²) in [7, 11) is 3.75. The van der Waals surface area contributed by atoms with E-state index in [0.29, 0.717) is 6.42 Å². The number of carbonyl (C=O) groups is 1. The van der Waals surface area contributed by atoms with Crippen molar-refractivity contribution < 1.29 is 14.6 Å². The van der Waals surface area contributed by atoms with E-state index in [2.05, 4.69) is 18.0 Å². The van der Waals surface area contributed by atoms with Gasteiger partial charge in [-0.05, 0) is 44.7 Å². The second-order valence-electron chi connectivity index (χ2n) is 6.15. The van der Waals surface area contributed by atoms with Crippen LogP contribution in [0.4, 0.5) is 5.69 Å². The van der Waals surface area contributed by atoms with Crippen molar-refractivity contribution in [2.75, 3.05) is 25.6 Å². The van der Waals surface area contributed by atoms with Crippen LogP contribution in [0.15, 0.2) is 12.1 Å². The lowest BCUT2D eigenvalue weighted by molar-refractivity contribution is -0.146. The smallest absolute Gasteiger partial charge is 0.309 e. The SMILES string of the molecule is COc1c(CC(C)(C)C(=O)O)ccc2c1CCCN2C. The molecule has 0 spiro atoms. The Balaban J connectivity index is 2.43. The van der Waals surface area contributed by atoms with Crippen molar-refractivity contribution in [1.29, 1.82) is 0 Å². The average Bonchev–Trinajstić information content (AvgIpc) is 2.38. The molecule has 0 aliphatic carbocycles. The standard InChI is InChI=1S/C16H23NO3/c1-16(2,15(18)19)10-11-7-8-13-12(14(11)20-4)6-5-9-17(13)3/h7-8H,5-6,9-10H2,1-4H3,(H,18,19). The average molecular weight is 277 g/mol. The summed E-state index contributed by atoms with van der Waals surface area (Å²) >= 11 is 0. The number of ether oxygens (including phenoxy) is 1. The Kier molecular flexibility index (Phi) is 3.93. The molecule has 4 nitrogen and oxygen atoms in total. The fourth-order valence-electron chi connectivity index (χ4n) is 2.82. The summed E-state index contributed by atoms with van der Waals surface area (Å²) in [5, 5.41) is 9.30. The molecule has 0 unspecified atom stereocenters. The fraction of sp³-hybridized carbons (Fsp3) is 0.562. The van der Waals surface area contributed by atoms with Crippen molar-refractivity contribution in [2.45, 2.75) is 33.1 Å². The highest BCUT2D eigenvalue weighted by molar-refractivity contribution is 5.74.